The van der Waals surface area contributed by atoms with Gasteiger partial charge in [-0.05, 0) is 54.4 Å². The molecule has 3 aromatic rings. The van der Waals surface area contributed by atoms with E-state index in [-0.39, 0.29) is 6.54 Å². The summed E-state index contributed by atoms with van der Waals surface area (Å²) in [7, 11) is 1.58. The predicted octanol–water partition coefficient (Wildman–Crippen LogP) is 0.789. The number of ether oxygens (including phenoxy) is 1. The summed E-state index contributed by atoms with van der Waals surface area (Å²) in [6.07, 6.45) is 6.25. The minimum absolute atomic E-state index is 0.280. The van der Waals surface area contributed by atoms with E-state index >= 15 is 0 Å². The molecule has 0 spiro atoms. The summed E-state index contributed by atoms with van der Waals surface area (Å²) in [6, 6.07) is 10.7. The fourth-order valence-electron chi connectivity index (χ4n) is 2.36. The Morgan fingerprint density at radius 2 is 1.83 bits per heavy atom. The first-order valence-electron chi connectivity index (χ1n) is 8.63. The molecular weight excluding hydrogens is 374 g/mol. The molecule has 10 heteroatoms. The van der Waals surface area contributed by atoms with Crippen LogP contribution in [-0.4, -0.2) is 44.9 Å². The van der Waals surface area contributed by atoms with Crippen molar-refractivity contribution in [3.05, 3.63) is 76.2 Å². The van der Waals surface area contributed by atoms with Gasteiger partial charge in [0.2, 0.25) is 0 Å². The van der Waals surface area contributed by atoms with E-state index < -0.39 is 11.6 Å². The normalized spacial score (nSPS) is 11.2. The van der Waals surface area contributed by atoms with Crippen LogP contribution in [0.4, 0.5) is 0 Å². The lowest BCUT2D eigenvalue weighted by molar-refractivity contribution is -0.121. The average molecular weight is 393 g/mol. The molecule has 29 heavy (non-hydrogen) atoms. The number of hydrogen-bond acceptors (Lipinski definition) is 7. The van der Waals surface area contributed by atoms with Crippen LogP contribution in [0.15, 0.2) is 63.8 Å². The zero-order chi connectivity index (χ0) is 20.6. The van der Waals surface area contributed by atoms with Gasteiger partial charge in [0, 0.05) is 12.4 Å². The van der Waals surface area contributed by atoms with Crippen LogP contribution in [-0.2, 0) is 11.3 Å². The van der Waals surface area contributed by atoms with Crippen LogP contribution >= 0.6 is 0 Å². The zero-order valence-electron chi connectivity index (χ0n) is 15.9. The summed E-state index contributed by atoms with van der Waals surface area (Å²) in [5.74, 6) is 0.595. The largest absolute Gasteiger partial charge is 0.497 e. The van der Waals surface area contributed by atoms with Crippen LogP contribution in [0.2, 0.25) is 0 Å². The maximum absolute atomic E-state index is 12.4. The maximum Gasteiger partial charge on any atom is 0.367 e. The van der Waals surface area contributed by atoms with Crippen LogP contribution in [0.25, 0.3) is 0 Å². The predicted molar refractivity (Wildman–Crippen MR) is 107 cm³/mol. The highest BCUT2D eigenvalue weighted by Crippen LogP contribution is 2.09. The zero-order valence-corrected chi connectivity index (χ0v) is 15.9. The molecule has 0 aliphatic carbocycles. The van der Waals surface area contributed by atoms with Crippen molar-refractivity contribution in [1.29, 1.82) is 0 Å². The van der Waals surface area contributed by atoms with Crippen molar-refractivity contribution in [2.24, 2.45) is 10.2 Å². The van der Waals surface area contributed by atoms with E-state index in [1.54, 1.807) is 62.8 Å². The molecule has 0 aliphatic heterocycles. The summed E-state index contributed by atoms with van der Waals surface area (Å²) in [4.78, 5) is 28.4. The molecule has 148 valence electrons. The van der Waals surface area contributed by atoms with Gasteiger partial charge < -0.3 is 4.74 Å². The van der Waals surface area contributed by atoms with Crippen molar-refractivity contribution in [3.63, 3.8) is 0 Å². The fraction of sp³-hybridized carbons (Fsp3) is 0.158. The number of hydrazone groups is 1. The molecule has 1 N–H and O–H groups in total. The van der Waals surface area contributed by atoms with Gasteiger partial charge in [-0.1, -0.05) is 0 Å². The molecule has 0 radical (unpaired) electrons. The number of carbonyl (C=O) groups is 1. The van der Waals surface area contributed by atoms with Gasteiger partial charge in [0.1, 0.15) is 12.3 Å². The number of amides is 1. The number of nitrogens with one attached hydrogen (secondary N) is 1. The lowest BCUT2D eigenvalue weighted by atomic mass is 10.2. The highest BCUT2D eigenvalue weighted by molar-refractivity contribution is 5.82. The van der Waals surface area contributed by atoms with Crippen LogP contribution < -0.4 is 15.9 Å². The van der Waals surface area contributed by atoms with Gasteiger partial charge in [-0.2, -0.15) is 20.0 Å². The van der Waals surface area contributed by atoms with E-state index in [2.05, 4.69) is 25.7 Å². The van der Waals surface area contributed by atoms with Gasteiger partial charge >= 0.3 is 5.69 Å². The second-order valence-corrected chi connectivity index (χ2v) is 5.89. The standard InChI is InChI=1S/C19H19N7O3/c1-14-24-25(19(28)26(14)22-12-16-7-9-20-10-8-16)13-18(27)23-21-11-15-3-5-17(29-2)6-4-15/h3-12H,13H2,1-2H3,(H,23,27). The number of pyridine rings is 1. The smallest absolute Gasteiger partial charge is 0.367 e. The Kier molecular flexibility index (Phi) is 6.25. The summed E-state index contributed by atoms with van der Waals surface area (Å²) >= 11 is 0. The molecule has 1 amide bonds. The third kappa shape index (κ3) is 5.22. The van der Waals surface area contributed by atoms with E-state index in [0.29, 0.717) is 5.82 Å². The quantitative estimate of drug-likeness (QED) is 0.471. The number of hydrogen-bond donors (Lipinski definition) is 1. The van der Waals surface area contributed by atoms with E-state index in [1.165, 1.54) is 12.4 Å². The topological polar surface area (TPSA) is 116 Å². The molecule has 0 aliphatic rings. The van der Waals surface area contributed by atoms with Crippen LogP contribution in [0.1, 0.15) is 17.0 Å². The number of carbonyl (C=O) groups excluding carboxylic acids is 1. The first-order chi connectivity index (χ1) is 14.1. The number of aryl methyl sites for hydroxylation is 1. The third-order valence-electron chi connectivity index (χ3n) is 3.81. The van der Waals surface area contributed by atoms with Crippen molar-refractivity contribution in [2.45, 2.75) is 13.5 Å². The Morgan fingerprint density at radius 3 is 2.52 bits per heavy atom. The minimum atomic E-state index is -0.526. The van der Waals surface area contributed by atoms with Crippen LogP contribution in [0, 0.1) is 6.92 Å². The van der Waals surface area contributed by atoms with Crippen molar-refractivity contribution in [1.82, 2.24) is 24.9 Å². The molecule has 10 nitrogen and oxygen atoms in total. The lowest BCUT2D eigenvalue weighted by Gasteiger charge is -2.00. The molecular formula is C19H19N7O3. The van der Waals surface area contributed by atoms with E-state index in [1.807, 2.05) is 0 Å². The van der Waals surface area contributed by atoms with Crippen molar-refractivity contribution < 1.29 is 9.53 Å². The number of benzene rings is 1. The van der Waals surface area contributed by atoms with Gasteiger partial charge in [-0.25, -0.2) is 14.9 Å². The molecule has 0 saturated heterocycles. The van der Waals surface area contributed by atoms with E-state index in [9.17, 15) is 9.59 Å². The highest BCUT2D eigenvalue weighted by Gasteiger charge is 2.12. The maximum atomic E-state index is 12.4. The molecule has 2 heterocycles. The Bertz CT molecular complexity index is 1080. The first kappa shape index (κ1) is 19.7. The van der Waals surface area contributed by atoms with Crippen molar-refractivity contribution >= 4 is 18.3 Å². The molecule has 0 fully saturated rings. The average Bonchev–Trinajstić information content (AvgIpc) is 3.00. The number of aromatic nitrogens is 4. The van der Waals surface area contributed by atoms with Gasteiger partial charge in [0.05, 0.1) is 19.5 Å². The molecule has 0 bridgehead atoms. The summed E-state index contributed by atoms with van der Waals surface area (Å²) < 4.78 is 7.22. The fourth-order valence-corrected chi connectivity index (χ4v) is 2.36. The summed E-state index contributed by atoms with van der Waals surface area (Å²) in [5, 5.41) is 12.1. The molecule has 0 atom stereocenters. The molecule has 2 aromatic heterocycles. The van der Waals surface area contributed by atoms with Crippen molar-refractivity contribution in [3.8, 4) is 5.75 Å². The highest BCUT2D eigenvalue weighted by atomic mass is 16.5. The molecule has 3 rings (SSSR count). The van der Waals surface area contributed by atoms with Gasteiger partial charge in [0.15, 0.2) is 5.82 Å². The second-order valence-electron chi connectivity index (χ2n) is 5.89. The minimum Gasteiger partial charge on any atom is -0.497 e. The number of nitrogens with zero attached hydrogens (tertiary/aromatic N) is 6. The van der Waals surface area contributed by atoms with Gasteiger partial charge in [0.25, 0.3) is 5.91 Å². The number of rotatable bonds is 7. The number of methoxy groups -OCH3 is 1. The second kappa shape index (κ2) is 9.22. The van der Waals surface area contributed by atoms with Gasteiger partial charge in [-0.15, -0.1) is 0 Å². The van der Waals surface area contributed by atoms with E-state index in [0.717, 1.165) is 26.2 Å². The molecule has 0 saturated carbocycles. The van der Waals surface area contributed by atoms with Crippen molar-refractivity contribution in [2.75, 3.05) is 7.11 Å². The Hall–Kier alpha value is -4.08. The van der Waals surface area contributed by atoms with E-state index in [4.69, 9.17) is 4.74 Å². The lowest BCUT2D eigenvalue weighted by Crippen LogP contribution is -2.31. The third-order valence-corrected chi connectivity index (χ3v) is 3.81. The SMILES string of the molecule is COc1ccc(C=NNC(=O)Cn2nc(C)n(N=Cc3ccncc3)c2=O)cc1. The molecule has 1 aromatic carbocycles. The van der Waals surface area contributed by atoms with Crippen LogP contribution in [0.3, 0.4) is 0 Å². The summed E-state index contributed by atoms with van der Waals surface area (Å²) in [6.45, 7) is 1.35. The first-order valence-corrected chi connectivity index (χ1v) is 8.63. The van der Waals surface area contributed by atoms with Crippen LogP contribution in [0.5, 0.6) is 5.75 Å². The summed E-state index contributed by atoms with van der Waals surface area (Å²) in [5.41, 5.74) is 3.41. The monoisotopic (exact) mass is 393 g/mol. The Labute approximate surface area is 166 Å². The molecule has 0 unspecified atom stereocenters. The Balaban J connectivity index is 1.62. The Morgan fingerprint density at radius 1 is 1.14 bits per heavy atom. The van der Waals surface area contributed by atoms with Gasteiger partial charge in [-0.3, -0.25) is 9.78 Å².